The van der Waals surface area contributed by atoms with Gasteiger partial charge in [0.1, 0.15) is 10.7 Å². The molecule has 0 spiro atoms. The van der Waals surface area contributed by atoms with Gasteiger partial charge in [0.05, 0.1) is 23.0 Å². The lowest BCUT2D eigenvalue weighted by Gasteiger charge is -2.03. The highest BCUT2D eigenvalue weighted by Gasteiger charge is 2.12. The minimum Gasteiger partial charge on any atom is -0.359 e. The first kappa shape index (κ1) is 11.7. The second-order valence-corrected chi connectivity index (χ2v) is 4.31. The molecule has 0 bridgehead atoms. The minimum absolute atomic E-state index is 0.242. The maximum absolute atomic E-state index is 12.1. The molecule has 3 aromatic rings. The molecule has 0 aliphatic rings. The van der Waals surface area contributed by atoms with Crippen LogP contribution >= 0.6 is 11.6 Å². The number of H-pyrrole nitrogens is 1. The molecule has 0 aliphatic heterocycles. The number of carbonyl (C=O) groups is 1. The summed E-state index contributed by atoms with van der Waals surface area (Å²) in [7, 11) is 0. The van der Waals surface area contributed by atoms with E-state index in [1.807, 2.05) is 12.1 Å². The predicted molar refractivity (Wildman–Crippen MR) is 73.3 cm³/mol. The molecule has 19 heavy (non-hydrogen) atoms. The normalized spacial score (nSPS) is 10.6. The van der Waals surface area contributed by atoms with Crippen LogP contribution in [0.25, 0.3) is 11.0 Å². The molecular formula is C13H9ClN4O. The largest absolute Gasteiger partial charge is 0.359 e. The number of rotatable bonds is 2. The maximum atomic E-state index is 12.1. The molecule has 0 atom stereocenters. The standard InChI is InChI=1S/C13H9ClN4O/c14-11-4-3-8(6-17-11)18-13(19)9-7-16-10-2-1-5-15-12(9)10/h1-7,16H,(H,18,19). The average Bonchev–Trinajstić information content (AvgIpc) is 2.85. The van der Waals surface area contributed by atoms with Gasteiger partial charge in [-0.1, -0.05) is 11.6 Å². The van der Waals surface area contributed by atoms with Crippen molar-refractivity contribution in [2.75, 3.05) is 5.32 Å². The summed E-state index contributed by atoms with van der Waals surface area (Å²) in [6, 6.07) is 6.98. The van der Waals surface area contributed by atoms with E-state index in [-0.39, 0.29) is 5.91 Å². The number of fused-ring (bicyclic) bond motifs is 1. The van der Waals surface area contributed by atoms with Crippen LogP contribution in [0.4, 0.5) is 5.69 Å². The van der Waals surface area contributed by atoms with Crippen molar-refractivity contribution in [1.29, 1.82) is 0 Å². The van der Waals surface area contributed by atoms with Gasteiger partial charge in [0.25, 0.3) is 5.91 Å². The highest BCUT2D eigenvalue weighted by molar-refractivity contribution is 6.29. The second kappa shape index (κ2) is 4.70. The lowest BCUT2D eigenvalue weighted by atomic mass is 10.2. The molecular weight excluding hydrogens is 264 g/mol. The van der Waals surface area contributed by atoms with Crippen LogP contribution in [-0.2, 0) is 0 Å². The lowest BCUT2D eigenvalue weighted by Crippen LogP contribution is -2.11. The number of hydrogen-bond donors (Lipinski definition) is 2. The van der Waals surface area contributed by atoms with Crippen LogP contribution in [0.5, 0.6) is 0 Å². The highest BCUT2D eigenvalue weighted by atomic mass is 35.5. The molecule has 0 saturated carbocycles. The van der Waals surface area contributed by atoms with Gasteiger partial charge in [-0.15, -0.1) is 0 Å². The van der Waals surface area contributed by atoms with E-state index in [1.165, 1.54) is 6.20 Å². The molecule has 5 nitrogen and oxygen atoms in total. The van der Waals surface area contributed by atoms with E-state index >= 15 is 0 Å². The van der Waals surface area contributed by atoms with Crippen molar-refractivity contribution in [1.82, 2.24) is 15.0 Å². The summed E-state index contributed by atoms with van der Waals surface area (Å²) in [6.07, 6.45) is 4.79. The number of hydrogen-bond acceptors (Lipinski definition) is 3. The summed E-state index contributed by atoms with van der Waals surface area (Å²) in [6.45, 7) is 0. The topological polar surface area (TPSA) is 70.7 Å². The average molecular weight is 273 g/mol. The molecule has 2 N–H and O–H groups in total. The van der Waals surface area contributed by atoms with Crippen molar-refractivity contribution in [3.05, 3.63) is 53.6 Å². The third-order valence-electron chi connectivity index (χ3n) is 2.66. The van der Waals surface area contributed by atoms with E-state index in [0.29, 0.717) is 21.9 Å². The first-order valence-electron chi connectivity index (χ1n) is 5.59. The lowest BCUT2D eigenvalue weighted by molar-refractivity contribution is 0.102. The Balaban J connectivity index is 1.90. The molecule has 94 valence electrons. The number of aromatic amines is 1. The Morgan fingerprint density at radius 1 is 1.26 bits per heavy atom. The zero-order valence-electron chi connectivity index (χ0n) is 9.72. The van der Waals surface area contributed by atoms with E-state index < -0.39 is 0 Å². The fraction of sp³-hybridized carbons (Fsp3) is 0. The molecule has 0 radical (unpaired) electrons. The monoisotopic (exact) mass is 272 g/mol. The number of carbonyl (C=O) groups excluding carboxylic acids is 1. The van der Waals surface area contributed by atoms with Crippen LogP contribution < -0.4 is 5.32 Å². The van der Waals surface area contributed by atoms with Gasteiger partial charge in [-0.25, -0.2) is 4.98 Å². The number of amides is 1. The quantitative estimate of drug-likeness (QED) is 0.705. The molecule has 0 unspecified atom stereocenters. The van der Waals surface area contributed by atoms with Gasteiger partial charge in [-0.05, 0) is 24.3 Å². The summed E-state index contributed by atoms with van der Waals surface area (Å²) in [4.78, 5) is 23.2. The Kier molecular flexibility index (Phi) is 2.89. The van der Waals surface area contributed by atoms with Crippen LogP contribution in [0.15, 0.2) is 42.9 Å². The maximum Gasteiger partial charge on any atom is 0.259 e. The third kappa shape index (κ3) is 2.28. The minimum atomic E-state index is -0.242. The fourth-order valence-electron chi connectivity index (χ4n) is 1.78. The molecule has 0 aliphatic carbocycles. The molecule has 6 heteroatoms. The van der Waals surface area contributed by atoms with Crippen molar-refractivity contribution >= 4 is 34.2 Å². The summed E-state index contributed by atoms with van der Waals surface area (Å²) >= 11 is 5.69. The van der Waals surface area contributed by atoms with Gasteiger partial charge in [0.15, 0.2) is 0 Å². The Bertz CT molecular complexity index is 736. The van der Waals surface area contributed by atoms with Gasteiger partial charge in [-0.2, -0.15) is 0 Å². The molecule has 3 rings (SSSR count). The van der Waals surface area contributed by atoms with E-state index in [0.717, 1.165) is 5.52 Å². The van der Waals surface area contributed by atoms with E-state index in [2.05, 4.69) is 20.3 Å². The van der Waals surface area contributed by atoms with Crippen LogP contribution in [0, 0.1) is 0 Å². The molecule has 0 fully saturated rings. The predicted octanol–water partition coefficient (Wildman–Crippen LogP) is 2.86. The Morgan fingerprint density at radius 3 is 2.95 bits per heavy atom. The summed E-state index contributed by atoms with van der Waals surface area (Å²) in [5.74, 6) is -0.242. The number of nitrogens with one attached hydrogen (secondary N) is 2. The van der Waals surface area contributed by atoms with Crippen molar-refractivity contribution in [3.8, 4) is 0 Å². The number of anilines is 1. The van der Waals surface area contributed by atoms with Crippen LogP contribution in [0.1, 0.15) is 10.4 Å². The van der Waals surface area contributed by atoms with Crippen molar-refractivity contribution in [3.63, 3.8) is 0 Å². The number of aromatic nitrogens is 3. The smallest absolute Gasteiger partial charge is 0.259 e. The van der Waals surface area contributed by atoms with Gasteiger partial charge in [0.2, 0.25) is 0 Å². The van der Waals surface area contributed by atoms with E-state index in [9.17, 15) is 4.79 Å². The second-order valence-electron chi connectivity index (χ2n) is 3.93. The summed E-state index contributed by atoms with van der Waals surface area (Å²) in [5.41, 5.74) is 2.54. The van der Waals surface area contributed by atoms with Crippen LogP contribution in [0.3, 0.4) is 0 Å². The molecule has 1 amide bonds. The van der Waals surface area contributed by atoms with Gasteiger partial charge < -0.3 is 10.3 Å². The Morgan fingerprint density at radius 2 is 2.16 bits per heavy atom. The number of nitrogens with zero attached hydrogens (tertiary/aromatic N) is 2. The van der Waals surface area contributed by atoms with E-state index in [4.69, 9.17) is 11.6 Å². The first-order chi connectivity index (χ1) is 9.24. The van der Waals surface area contributed by atoms with Gasteiger partial charge in [0, 0.05) is 12.4 Å². The van der Waals surface area contributed by atoms with Gasteiger partial charge >= 0.3 is 0 Å². The van der Waals surface area contributed by atoms with Crippen molar-refractivity contribution < 1.29 is 4.79 Å². The third-order valence-corrected chi connectivity index (χ3v) is 2.89. The highest BCUT2D eigenvalue weighted by Crippen LogP contribution is 2.17. The van der Waals surface area contributed by atoms with Crippen molar-refractivity contribution in [2.24, 2.45) is 0 Å². The number of halogens is 1. The number of pyridine rings is 2. The Labute approximate surface area is 113 Å². The first-order valence-corrected chi connectivity index (χ1v) is 5.97. The van der Waals surface area contributed by atoms with Crippen LogP contribution in [-0.4, -0.2) is 20.9 Å². The Hall–Kier alpha value is -2.40. The molecule has 0 aromatic carbocycles. The zero-order chi connectivity index (χ0) is 13.2. The molecule has 3 heterocycles. The van der Waals surface area contributed by atoms with E-state index in [1.54, 1.807) is 24.5 Å². The van der Waals surface area contributed by atoms with Gasteiger partial charge in [-0.3, -0.25) is 9.78 Å². The molecule has 3 aromatic heterocycles. The fourth-order valence-corrected chi connectivity index (χ4v) is 1.89. The molecule has 0 saturated heterocycles. The summed E-state index contributed by atoms with van der Waals surface area (Å²) in [5, 5.41) is 3.12. The van der Waals surface area contributed by atoms with Crippen molar-refractivity contribution in [2.45, 2.75) is 0 Å². The SMILES string of the molecule is O=C(Nc1ccc(Cl)nc1)c1c[nH]c2cccnc12. The zero-order valence-corrected chi connectivity index (χ0v) is 10.5. The van der Waals surface area contributed by atoms with Crippen LogP contribution in [0.2, 0.25) is 5.15 Å². The summed E-state index contributed by atoms with van der Waals surface area (Å²) < 4.78 is 0.